The Hall–Kier alpha value is -7.73. The Kier molecular flexibility index (Phi) is 8.39. The van der Waals surface area contributed by atoms with Gasteiger partial charge in [-0.3, -0.25) is 4.57 Å². The lowest BCUT2D eigenvalue weighted by Crippen LogP contribution is -2.14. The fourth-order valence-corrected chi connectivity index (χ4v) is 10.1. The van der Waals surface area contributed by atoms with Crippen LogP contribution in [-0.4, -0.2) is 14.5 Å². The van der Waals surface area contributed by atoms with Crippen LogP contribution in [-0.2, 0) is 0 Å². The van der Waals surface area contributed by atoms with Crippen LogP contribution >= 0.6 is 11.8 Å². The zero-order chi connectivity index (χ0) is 40.3. The van der Waals surface area contributed by atoms with Gasteiger partial charge in [0, 0.05) is 37.4 Å². The van der Waals surface area contributed by atoms with Crippen molar-refractivity contribution in [2.75, 3.05) is 4.90 Å². The molecule has 0 saturated carbocycles. The Morgan fingerprint density at radius 1 is 0.377 bits per heavy atom. The van der Waals surface area contributed by atoms with Gasteiger partial charge in [-0.05, 0) is 87.6 Å². The number of nitrogens with zero attached hydrogens (tertiary/aromatic N) is 4. The quantitative estimate of drug-likeness (QED) is 0.168. The highest BCUT2D eigenvalue weighted by atomic mass is 32.2. The molecular formula is C56H36N4S. The van der Waals surface area contributed by atoms with Crippen molar-refractivity contribution < 1.29 is 0 Å². The van der Waals surface area contributed by atoms with Crippen molar-refractivity contribution in [1.29, 1.82) is 0 Å². The van der Waals surface area contributed by atoms with Gasteiger partial charge < -0.3 is 4.90 Å². The monoisotopic (exact) mass is 796 g/mol. The number of aromatic nitrogens is 3. The predicted octanol–water partition coefficient (Wildman–Crippen LogP) is 15.3. The number of rotatable bonds is 6. The van der Waals surface area contributed by atoms with E-state index in [-0.39, 0.29) is 0 Å². The molecule has 1 aliphatic heterocycles. The van der Waals surface area contributed by atoms with E-state index in [1.807, 2.05) is 17.8 Å². The molecule has 12 rings (SSSR count). The van der Waals surface area contributed by atoms with Crippen molar-refractivity contribution in [2.24, 2.45) is 0 Å². The topological polar surface area (TPSA) is 34.0 Å². The van der Waals surface area contributed by atoms with Gasteiger partial charge in [-0.15, -0.1) is 0 Å². The van der Waals surface area contributed by atoms with Crippen LogP contribution in [0.4, 0.5) is 17.1 Å². The summed E-state index contributed by atoms with van der Waals surface area (Å²) in [5, 5.41) is 4.76. The summed E-state index contributed by atoms with van der Waals surface area (Å²) in [5.41, 5.74) is 14.1. The van der Waals surface area contributed by atoms with E-state index in [1.165, 1.54) is 59.4 Å². The normalized spacial score (nSPS) is 12.2. The number of anilines is 3. The van der Waals surface area contributed by atoms with Crippen LogP contribution in [0.25, 0.3) is 83.3 Å². The summed E-state index contributed by atoms with van der Waals surface area (Å²) < 4.78 is 2.27. The molecule has 0 radical (unpaired) electrons. The molecule has 0 unspecified atom stereocenters. The van der Waals surface area contributed by atoms with E-state index in [0.717, 1.165) is 44.8 Å². The molecule has 1 aliphatic rings. The zero-order valence-corrected chi connectivity index (χ0v) is 33.8. The van der Waals surface area contributed by atoms with Gasteiger partial charge in [-0.1, -0.05) is 176 Å². The summed E-state index contributed by atoms with van der Waals surface area (Å²) in [4.78, 5) is 15.6. The molecule has 0 fully saturated rings. The smallest absolute Gasteiger partial charge is 0.235 e. The highest BCUT2D eigenvalue weighted by Gasteiger charge is 2.26. The molecule has 4 nitrogen and oxygen atoms in total. The SMILES string of the molecule is c1ccc(-c2ccc(-c3cc(-c4ccccc4)nc(-n4c5cccc(-c6ccc7c(c6)Sc6ccccc6N7c6ccccc6)c5c5c6ccccc6ccc54)n3)cc2)cc1. The van der Waals surface area contributed by atoms with E-state index in [0.29, 0.717) is 5.95 Å². The van der Waals surface area contributed by atoms with E-state index in [4.69, 9.17) is 9.97 Å². The average Bonchev–Trinajstić information content (AvgIpc) is 3.69. The Morgan fingerprint density at radius 2 is 0.967 bits per heavy atom. The Bertz CT molecular complexity index is 3430. The van der Waals surface area contributed by atoms with Crippen molar-refractivity contribution in [3.63, 3.8) is 0 Å². The van der Waals surface area contributed by atoms with Crippen molar-refractivity contribution in [3.05, 3.63) is 218 Å². The zero-order valence-electron chi connectivity index (χ0n) is 33.0. The Labute approximate surface area is 358 Å². The lowest BCUT2D eigenvalue weighted by atomic mass is 9.96. The van der Waals surface area contributed by atoms with E-state index in [9.17, 15) is 0 Å². The molecule has 9 aromatic carbocycles. The Balaban J connectivity index is 1.08. The number of fused-ring (bicyclic) bond motifs is 7. The third-order valence-corrected chi connectivity index (χ3v) is 12.9. The van der Waals surface area contributed by atoms with Crippen molar-refractivity contribution >= 4 is 61.4 Å². The lowest BCUT2D eigenvalue weighted by Gasteiger charge is -2.33. The first-order valence-electron chi connectivity index (χ1n) is 20.6. The summed E-state index contributed by atoms with van der Waals surface area (Å²) in [6.07, 6.45) is 0. The van der Waals surface area contributed by atoms with Crippen molar-refractivity contribution in [3.8, 4) is 50.7 Å². The number of hydrogen-bond acceptors (Lipinski definition) is 4. The second-order valence-electron chi connectivity index (χ2n) is 15.4. The second-order valence-corrected chi connectivity index (χ2v) is 16.5. The molecule has 0 N–H and O–H groups in total. The molecule has 0 atom stereocenters. The van der Waals surface area contributed by atoms with Crippen LogP contribution < -0.4 is 4.90 Å². The third-order valence-electron chi connectivity index (χ3n) is 11.8. The standard InChI is InChI=1S/C56H36N4S/c1-4-15-37(16-5-1)38-27-29-41(30-28-38)47-36-46(40-18-6-2-7-19-40)57-56(58-47)60-50-25-14-23-45(55(50)54-44-22-11-10-17-39(44)31-34-51(54)60)42-32-33-49-53(35-42)61-52-26-13-12-24-48(52)59(49)43-20-8-3-9-21-43/h1-36H. The van der Waals surface area contributed by atoms with Gasteiger partial charge in [0.05, 0.1) is 33.8 Å². The number of para-hydroxylation sites is 2. The molecule has 2 aromatic heterocycles. The predicted molar refractivity (Wildman–Crippen MR) is 254 cm³/mol. The van der Waals surface area contributed by atoms with Gasteiger partial charge in [-0.2, -0.15) is 0 Å². The molecule has 0 saturated heterocycles. The highest BCUT2D eigenvalue weighted by Crippen LogP contribution is 2.53. The van der Waals surface area contributed by atoms with Gasteiger partial charge >= 0.3 is 0 Å². The maximum absolute atomic E-state index is 5.42. The minimum Gasteiger partial charge on any atom is -0.308 e. The first-order chi connectivity index (χ1) is 30.2. The van der Waals surface area contributed by atoms with E-state index < -0.39 is 0 Å². The Morgan fingerprint density at radius 3 is 1.75 bits per heavy atom. The van der Waals surface area contributed by atoms with Crippen LogP contribution in [0, 0.1) is 0 Å². The first kappa shape index (κ1) is 35.2. The summed E-state index contributed by atoms with van der Waals surface area (Å²) in [5.74, 6) is 0.632. The molecular weight excluding hydrogens is 761 g/mol. The summed E-state index contributed by atoms with van der Waals surface area (Å²) in [6, 6.07) is 77.9. The van der Waals surface area contributed by atoms with Crippen LogP contribution in [0.5, 0.6) is 0 Å². The average molecular weight is 797 g/mol. The molecule has 11 aromatic rings. The van der Waals surface area contributed by atoms with E-state index in [1.54, 1.807) is 0 Å². The molecule has 0 aliphatic carbocycles. The highest BCUT2D eigenvalue weighted by molar-refractivity contribution is 7.99. The van der Waals surface area contributed by atoms with Crippen LogP contribution in [0.15, 0.2) is 228 Å². The minimum atomic E-state index is 0.632. The largest absolute Gasteiger partial charge is 0.308 e. The maximum Gasteiger partial charge on any atom is 0.235 e. The molecule has 3 heterocycles. The van der Waals surface area contributed by atoms with Gasteiger partial charge in [0.2, 0.25) is 5.95 Å². The van der Waals surface area contributed by atoms with Gasteiger partial charge in [0.1, 0.15) is 0 Å². The molecule has 0 spiro atoms. The molecule has 5 heteroatoms. The summed E-state index contributed by atoms with van der Waals surface area (Å²) in [6.45, 7) is 0. The fourth-order valence-electron chi connectivity index (χ4n) is 8.97. The number of benzene rings is 9. The molecule has 286 valence electrons. The lowest BCUT2D eigenvalue weighted by molar-refractivity contribution is 0.996. The first-order valence-corrected chi connectivity index (χ1v) is 21.4. The summed E-state index contributed by atoms with van der Waals surface area (Å²) in [7, 11) is 0. The van der Waals surface area contributed by atoms with E-state index in [2.05, 4.69) is 222 Å². The molecule has 0 bridgehead atoms. The fraction of sp³-hybridized carbons (Fsp3) is 0. The van der Waals surface area contributed by atoms with Gasteiger partial charge in [-0.25, -0.2) is 9.97 Å². The number of hydrogen-bond donors (Lipinski definition) is 0. The van der Waals surface area contributed by atoms with Crippen LogP contribution in [0.1, 0.15) is 0 Å². The molecule has 0 amide bonds. The third kappa shape index (κ3) is 6.01. The van der Waals surface area contributed by atoms with Crippen molar-refractivity contribution in [1.82, 2.24) is 14.5 Å². The van der Waals surface area contributed by atoms with Gasteiger partial charge in [0.15, 0.2) is 0 Å². The minimum absolute atomic E-state index is 0.632. The second kappa shape index (κ2) is 14.5. The molecule has 61 heavy (non-hydrogen) atoms. The summed E-state index contributed by atoms with van der Waals surface area (Å²) >= 11 is 1.84. The van der Waals surface area contributed by atoms with Crippen LogP contribution in [0.3, 0.4) is 0 Å². The van der Waals surface area contributed by atoms with E-state index >= 15 is 0 Å². The van der Waals surface area contributed by atoms with Crippen LogP contribution in [0.2, 0.25) is 0 Å². The van der Waals surface area contributed by atoms with Gasteiger partial charge in [0.25, 0.3) is 0 Å². The van der Waals surface area contributed by atoms with Crippen molar-refractivity contribution in [2.45, 2.75) is 9.79 Å². The maximum atomic E-state index is 5.42.